The number of nitrogens with zero attached hydrogens (tertiary/aromatic N) is 1. The van der Waals surface area contributed by atoms with Gasteiger partial charge < -0.3 is 19.8 Å². The van der Waals surface area contributed by atoms with E-state index in [4.69, 9.17) is 20.8 Å². The molecule has 0 aliphatic rings. The van der Waals surface area contributed by atoms with E-state index in [1.165, 1.54) is 30.3 Å². The third kappa shape index (κ3) is 5.82. The summed E-state index contributed by atoms with van der Waals surface area (Å²) in [6.07, 6.45) is 0. The number of furan rings is 1. The van der Waals surface area contributed by atoms with Crippen LogP contribution in [0.1, 0.15) is 16.3 Å². The van der Waals surface area contributed by atoms with Gasteiger partial charge in [-0.3, -0.25) is 19.7 Å². The Hall–Kier alpha value is -3.85. The molecule has 0 aliphatic heterocycles. The van der Waals surface area contributed by atoms with Crippen molar-refractivity contribution in [3.05, 3.63) is 87.3 Å². The van der Waals surface area contributed by atoms with Gasteiger partial charge in [0.05, 0.1) is 11.5 Å². The quantitative estimate of drug-likeness (QED) is 0.414. The molecule has 30 heavy (non-hydrogen) atoms. The first-order valence-corrected chi connectivity index (χ1v) is 9.08. The minimum atomic E-state index is -0.563. The fourth-order valence-electron chi connectivity index (χ4n) is 2.38. The van der Waals surface area contributed by atoms with Crippen LogP contribution < -0.4 is 15.4 Å². The van der Waals surface area contributed by atoms with E-state index >= 15 is 0 Å². The first-order valence-electron chi connectivity index (χ1n) is 8.70. The Bertz CT molecular complexity index is 1050. The molecule has 10 heteroatoms. The molecule has 1 heterocycles. The van der Waals surface area contributed by atoms with Gasteiger partial charge in [0.1, 0.15) is 18.1 Å². The van der Waals surface area contributed by atoms with Crippen LogP contribution in [0.4, 0.5) is 11.4 Å². The molecule has 3 aromatic rings. The molecule has 0 fully saturated rings. The fourth-order valence-corrected chi connectivity index (χ4v) is 2.51. The maximum Gasteiger partial charge on any atom is 0.287 e. The standard InChI is InChI=1S/C20H16ClN3O6/c21-13-1-7-16(8-2-13)29-12-17-9-10-18(30-17)20(26)22-11-19(25)23-14-3-5-15(6-4-14)24(27)28/h1-10H,11-12H2,(H,22,26)(H,23,25). The summed E-state index contributed by atoms with van der Waals surface area (Å²) in [6, 6.07) is 15.2. The lowest BCUT2D eigenvalue weighted by Gasteiger charge is -2.06. The molecular formula is C20H16ClN3O6. The molecule has 0 saturated carbocycles. The first kappa shape index (κ1) is 20.9. The highest BCUT2D eigenvalue weighted by Gasteiger charge is 2.13. The van der Waals surface area contributed by atoms with Gasteiger partial charge in [-0.05, 0) is 48.5 Å². The lowest BCUT2D eigenvalue weighted by atomic mass is 10.3. The molecule has 1 aromatic heterocycles. The Morgan fingerprint density at radius 2 is 1.73 bits per heavy atom. The van der Waals surface area contributed by atoms with Crippen LogP contribution in [0.2, 0.25) is 5.02 Å². The average Bonchev–Trinajstić information content (AvgIpc) is 3.21. The number of hydrogen-bond donors (Lipinski definition) is 2. The highest BCUT2D eigenvalue weighted by atomic mass is 35.5. The third-order valence-electron chi connectivity index (χ3n) is 3.85. The molecule has 2 N–H and O–H groups in total. The zero-order chi connectivity index (χ0) is 21.5. The maximum atomic E-state index is 12.1. The van der Waals surface area contributed by atoms with Crippen molar-refractivity contribution < 1.29 is 23.7 Å². The number of carbonyl (C=O) groups excluding carboxylic acids is 2. The topological polar surface area (TPSA) is 124 Å². The van der Waals surface area contributed by atoms with Gasteiger partial charge in [-0.1, -0.05) is 11.6 Å². The van der Waals surface area contributed by atoms with Gasteiger partial charge in [-0.2, -0.15) is 0 Å². The number of carbonyl (C=O) groups is 2. The summed E-state index contributed by atoms with van der Waals surface area (Å²) < 4.78 is 11.0. The highest BCUT2D eigenvalue weighted by molar-refractivity contribution is 6.30. The van der Waals surface area contributed by atoms with E-state index in [0.29, 0.717) is 22.2 Å². The van der Waals surface area contributed by atoms with Crippen LogP contribution in [0.5, 0.6) is 5.75 Å². The van der Waals surface area contributed by atoms with Crippen LogP contribution in [0.15, 0.2) is 65.1 Å². The maximum absolute atomic E-state index is 12.1. The van der Waals surface area contributed by atoms with Gasteiger partial charge >= 0.3 is 0 Å². The second kappa shape index (κ2) is 9.57. The van der Waals surface area contributed by atoms with Crippen LogP contribution in [-0.4, -0.2) is 23.3 Å². The summed E-state index contributed by atoms with van der Waals surface area (Å²) in [4.78, 5) is 34.2. The lowest BCUT2D eigenvalue weighted by Crippen LogP contribution is -2.32. The molecule has 2 amide bonds. The predicted octanol–water partition coefficient (Wildman–Crippen LogP) is 3.79. The number of nitrogens with one attached hydrogen (secondary N) is 2. The number of hydrogen-bond acceptors (Lipinski definition) is 6. The SMILES string of the molecule is O=C(CNC(=O)c1ccc(COc2ccc(Cl)cc2)o1)Nc1ccc([N+](=O)[O-])cc1. The molecule has 0 aliphatic carbocycles. The summed E-state index contributed by atoms with van der Waals surface area (Å²) in [7, 11) is 0. The number of halogens is 1. The zero-order valence-electron chi connectivity index (χ0n) is 15.5. The van der Waals surface area contributed by atoms with E-state index in [1.54, 1.807) is 30.3 Å². The molecule has 0 bridgehead atoms. The number of nitro groups is 1. The summed E-state index contributed by atoms with van der Waals surface area (Å²) >= 11 is 5.81. The van der Waals surface area contributed by atoms with Crippen molar-refractivity contribution in [1.82, 2.24) is 5.32 Å². The van der Waals surface area contributed by atoms with Crippen molar-refractivity contribution in [2.45, 2.75) is 6.61 Å². The van der Waals surface area contributed by atoms with E-state index in [1.807, 2.05) is 0 Å². The molecule has 0 radical (unpaired) electrons. The number of rotatable bonds is 8. The average molecular weight is 430 g/mol. The number of non-ortho nitro benzene ring substituents is 1. The Balaban J connectivity index is 1.45. The van der Waals surface area contributed by atoms with Crippen molar-refractivity contribution in [2.24, 2.45) is 0 Å². The molecule has 9 nitrogen and oxygen atoms in total. The number of benzene rings is 2. The van der Waals surface area contributed by atoms with Crippen molar-refractivity contribution in [1.29, 1.82) is 0 Å². The fraction of sp³-hybridized carbons (Fsp3) is 0.100. The van der Waals surface area contributed by atoms with Gasteiger partial charge in [0, 0.05) is 22.8 Å². The molecule has 0 saturated heterocycles. The number of nitro benzene ring substituents is 1. The highest BCUT2D eigenvalue weighted by Crippen LogP contribution is 2.18. The van der Waals surface area contributed by atoms with Crippen LogP contribution >= 0.6 is 11.6 Å². The minimum absolute atomic E-state index is 0.0350. The molecule has 2 aromatic carbocycles. The van der Waals surface area contributed by atoms with E-state index in [2.05, 4.69) is 10.6 Å². The Kier molecular flexibility index (Phi) is 6.66. The minimum Gasteiger partial charge on any atom is -0.486 e. The van der Waals surface area contributed by atoms with Crippen molar-refractivity contribution in [3.8, 4) is 5.75 Å². The molecule has 154 valence electrons. The molecule has 0 atom stereocenters. The van der Waals surface area contributed by atoms with Gasteiger partial charge in [-0.15, -0.1) is 0 Å². The van der Waals surface area contributed by atoms with Crippen molar-refractivity contribution >= 4 is 34.8 Å². The molecule has 0 unspecified atom stereocenters. The molecular weight excluding hydrogens is 414 g/mol. The van der Waals surface area contributed by atoms with Gasteiger partial charge in [0.25, 0.3) is 11.6 Å². The van der Waals surface area contributed by atoms with Crippen LogP contribution in [0.3, 0.4) is 0 Å². The molecule has 0 spiro atoms. The Morgan fingerprint density at radius 1 is 1.03 bits per heavy atom. The number of anilines is 1. The smallest absolute Gasteiger partial charge is 0.287 e. The van der Waals surface area contributed by atoms with Crippen molar-refractivity contribution in [3.63, 3.8) is 0 Å². The monoisotopic (exact) mass is 429 g/mol. The lowest BCUT2D eigenvalue weighted by molar-refractivity contribution is -0.384. The predicted molar refractivity (Wildman–Crippen MR) is 109 cm³/mol. The normalized spacial score (nSPS) is 10.3. The number of amides is 2. The van der Waals surface area contributed by atoms with Crippen LogP contribution in [-0.2, 0) is 11.4 Å². The van der Waals surface area contributed by atoms with Crippen molar-refractivity contribution in [2.75, 3.05) is 11.9 Å². The van der Waals surface area contributed by atoms with E-state index in [-0.39, 0.29) is 24.6 Å². The molecule has 3 rings (SSSR count). The summed E-state index contributed by atoms with van der Waals surface area (Å²) in [5, 5.41) is 16.2. The summed E-state index contributed by atoms with van der Waals surface area (Å²) in [6.45, 7) is -0.178. The second-order valence-electron chi connectivity index (χ2n) is 6.04. The second-order valence-corrected chi connectivity index (χ2v) is 6.48. The summed E-state index contributed by atoms with van der Waals surface area (Å²) in [5.74, 6) is 0.0182. The van der Waals surface area contributed by atoms with Crippen LogP contribution in [0, 0.1) is 10.1 Å². The third-order valence-corrected chi connectivity index (χ3v) is 4.10. The largest absolute Gasteiger partial charge is 0.486 e. The van der Waals surface area contributed by atoms with Crippen LogP contribution in [0.25, 0.3) is 0 Å². The van der Waals surface area contributed by atoms with Gasteiger partial charge in [0.2, 0.25) is 5.91 Å². The van der Waals surface area contributed by atoms with E-state index < -0.39 is 16.7 Å². The first-order chi connectivity index (χ1) is 14.4. The van der Waals surface area contributed by atoms with Gasteiger partial charge in [-0.25, -0.2) is 0 Å². The van der Waals surface area contributed by atoms with E-state index in [9.17, 15) is 19.7 Å². The summed E-state index contributed by atoms with van der Waals surface area (Å²) in [5.41, 5.74) is 0.287. The van der Waals surface area contributed by atoms with E-state index in [0.717, 1.165) is 0 Å². The van der Waals surface area contributed by atoms with Gasteiger partial charge in [0.15, 0.2) is 5.76 Å². The Morgan fingerprint density at radius 3 is 2.40 bits per heavy atom. The number of ether oxygens (including phenoxy) is 1. The zero-order valence-corrected chi connectivity index (χ0v) is 16.2. The Labute approximate surface area is 175 Å².